The molecule has 0 unspecified atom stereocenters. The Kier molecular flexibility index (Phi) is 16.6. The highest BCUT2D eigenvalue weighted by Gasteiger charge is 2.45. The van der Waals surface area contributed by atoms with Gasteiger partial charge in [0.25, 0.3) is 20.2 Å². The van der Waals surface area contributed by atoms with E-state index in [0.29, 0.717) is 31.0 Å². The van der Waals surface area contributed by atoms with Crippen LogP contribution in [0.5, 0.6) is 0 Å². The molecule has 2 aromatic rings. The summed E-state index contributed by atoms with van der Waals surface area (Å²) >= 11 is 7.21. The Balaban J connectivity index is 0.00000794. The Bertz CT molecular complexity index is 2370. The molecule has 3 aliphatic rings. The highest BCUT2D eigenvalue weighted by molar-refractivity contribution is 7.86. The van der Waals surface area contributed by atoms with E-state index in [1.54, 1.807) is 38.4 Å². The number of amides is 2. The molecular weight excluding hydrogens is 939 g/mol. The molecule has 2 heterocycles. The molecule has 0 spiro atoms. The Morgan fingerprint density at radius 3 is 1.97 bits per heavy atom. The van der Waals surface area contributed by atoms with Crippen LogP contribution in [0.25, 0.3) is 0 Å². The third-order valence-corrected chi connectivity index (χ3v) is 14.0. The van der Waals surface area contributed by atoms with Gasteiger partial charge in [-0.3, -0.25) is 18.7 Å². The number of unbranched alkanes of at least 4 members (excludes halogenated alkanes) is 4. The van der Waals surface area contributed by atoms with Crippen molar-refractivity contribution in [3.05, 3.63) is 93.7 Å². The smallest absolute Gasteiger partial charge is 0.294 e. The molecule has 0 radical (unpaired) electrons. The molecule has 1 aliphatic carbocycles. The summed E-state index contributed by atoms with van der Waals surface area (Å²) < 4.78 is 70.5. The number of hydrogen-bond donors (Lipinski definition) is 4. The summed E-state index contributed by atoms with van der Waals surface area (Å²) in [6, 6.07) is 9.43. The predicted molar refractivity (Wildman–Crippen MR) is 233 cm³/mol. The minimum Gasteiger partial charge on any atom is -1.00 e. The molecule has 16 heteroatoms. The number of allylic oxidation sites excluding steroid dienone is 8. The van der Waals surface area contributed by atoms with E-state index in [2.05, 4.69) is 32.3 Å². The van der Waals surface area contributed by atoms with Crippen LogP contribution in [-0.2, 0) is 40.7 Å². The number of nitrogens with zero attached hydrogens (tertiary/aromatic N) is 2. The van der Waals surface area contributed by atoms with Gasteiger partial charge in [0.05, 0.1) is 15.2 Å². The molecule has 4 N–H and O–H groups in total. The second-order valence-electron chi connectivity index (χ2n) is 16.5. The second-order valence-corrected chi connectivity index (χ2v) is 19.7. The van der Waals surface area contributed by atoms with E-state index >= 15 is 0 Å². The first-order valence-corrected chi connectivity index (χ1v) is 23.5. The molecule has 60 heavy (non-hydrogen) atoms. The van der Waals surface area contributed by atoms with Crippen LogP contribution in [0, 0.1) is 0 Å². The highest BCUT2D eigenvalue weighted by Crippen LogP contribution is 2.49. The van der Waals surface area contributed by atoms with Gasteiger partial charge in [0.2, 0.25) is 17.5 Å². The summed E-state index contributed by atoms with van der Waals surface area (Å²) in [4.78, 5) is 25.5. The summed E-state index contributed by atoms with van der Waals surface area (Å²) in [5.41, 5.74) is 5.93. The molecule has 12 nitrogen and oxygen atoms in total. The number of nitrogens with one attached hydrogen (secondary N) is 2. The van der Waals surface area contributed by atoms with Crippen molar-refractivity contribution in [3.8, 4) is 0 Å². The van der Waals surface area contributed by atoms with Gasteiger partial charge in [-0.1, -0.05) is 44.0 Å². The van der Waals surface area contributed by atoms with E-state index in [4.69, 9.17) is 11.6 Å². The quantitative estimate of drug-likeness (QED) is 0.0736. The van der Waals surface area contributed by atoms with Crippen LogP contribution in [0.15, 0.2) is 92.4 Å². The molecule has 0 saturated carbocycles. The number of fused-ring (bicyclic) bond motifs is 2. The molecule has 0 saturated heterocycles. The normalized spacial score (nSPS) is 18.6. The lowest BCUT2D eigenvalue weighted by molar-refractivity contribution is -0.438. The van der Waals surface area contributed by atoms with E-state index in [9.17, 15) is 35.5 Å². The average Bonchev–Trinajstić information content (AvgIpc) is 3.52. The molecule has 2 amide bonds. The molecular formula is C44H58ClIN4O8S2. The summed E-state index contributed by atoms with van der Waals surface area (Å²) in [6.07, 6.45) is 16.3. The number of halogens is 2. The molecule has 0 bridgehead atoms. The number of rotatable bonds is 17. The maximum Gasteiger partial charge on any atom is 0.294 e. The Hall–Kier alpha value is -3.35. The standard InChI is InChI=1S/C44H57ClN4O8S2.HI/c1-43(2)34-28-32(58(52,53)54)20-22-36(34)48(26-11-7-9-16-40(50)46-5)38(43)24-18-30-14-13-15-31(42(30)45)19-25-39-44(3,4)35-29-33(59(55,56)57)21-23-37(35)49(39)27-12-8-10-17-41(51)47-6;/h18-25,28-29H,7-17,26-27H2,1-6H3,(H3-,46,47,50,51,52,53,54,55,56,57);1H. The fourth-order valence-electron chi connectivity index (χ4n) is 8.39. The first kappa shape index (κ1) is 49.3. The van der Waals surface area contributed by atoms with Gasteiger partial charge in [0.15, 0.2) is 5.71 Å². The van der Waals surface area contributed by atoms with E-state index in [0.717, 1.165) is 103 Å². The van der Waals surface area contributed by atoms with Crippen molar-refractivity contribution < 1.29 is 64.1 Å². The first-order chi connectivity index (χ1) is 27.7. The third kappa shape index (κ3) is 11.2. The Morgan fingerprint density at radius 1 is 0.783 bits per heavy atom. The number of benzene rings is 2. The van der Waals surface area contributed by atoms with Crippen LogP contribution in [0.2, 0.25) is 0 Å². The molecule has 2 aliphatic heterocycles. The lowest BCUT2D eigenvalue weighted by atomic mass is 9.81. The largest absolute Gasteiger partial charge is 1.00 e. The number of anilines is 1. The first-order valence-electron chi connectivity index (χ1n) is 20.3. The summed E-state index contributed by atoms with van der Waals surface area (Å²) in [5.74, 6) is 0.00448. The van der Waals surface area contributed by atoms with Crippen molar-refractivity contribution in [3.63, 3.8) is 0 Å². The second kappa shape index (κ2) is 20.2. The van der Waals surface area contributed by atoms with E-state index in [1.165, 1.54) is 12.1 Å². The van der Waals surface area contributed by atoms with Gasteiger partial charge in [-0.2, -0.15) is 21.4 Å². The maximum absolute atomic E-state index is 12.1. The zero-order valence-electron chi connectivity index (χ0n) is 35.3. The molecule has 5 rings (SSSR count). The van der Waals surface area contributed by atoms with Crippen LogP contribution in [0.1, 0.15) is 109 Å². The lowest BCUT2D eigenvalue weighted by Gasteiger charge is -2.27. The molecule has 0 fully saturated rings. The monoisotopic (exact) mass is 996 g/mol. The zero-order valence-corrected chi connectivity index (χ0v) is 39.8. The van der Waals surface area contributed by atoms with Gasteiger partial charge >= 0.3 is 0 Å². The van der Waals surface area contributed by atoms with Crippen molar-refractivity contribution >= 4 is 60.7 Å². The molecule has 2 aromatic carbocycles. The minimum atomic E-state index is -4.41. The van der Waals surface area contributed by atoms with Gasteiger partial charge in [-0.25, -0.2) is 0 Å². The average molecular weight is 997 g/mol. The van der Waals surface area contributed by atoms with Crippen LogP contribution in [0.3, 0.4) is 0 Å². The number of carbonyl (C=O) groups is 2. The third-order valence-electron chi connectivity index (χ3n) is 11.8. The van der Waals surface area contributed by atoms with Crippen molar-refractivity contribution in [2.24, 2.45) is 0 Å². The molecule has 0 aromatic heterocycles. The SMILES string of the molecule is CNC(=O)CCCCCN1/C(=C\C=C2/CCCC(/C=C/C3=[N+](CCCCCC(=O)NC)c4ccc(S(=O)(=O)O)cc4C3(C)C)=C2Cl)C(C)(C)c2cc(S(=O)(=O)O)ccc21.[I-]. The van der Waals surface area contributed by atoms with E-state index in [1.807, 2.05) is 39.8 Å². The topological polar surface area (TPSA) is 173 Å². The van der Waals surface area contributed by atoms with Gasteiger partial charge < -0.3 is 39.5 Å². The van der Waals surface area contributed by atoms with Gasteiger partial charge in [-0.05, 0) is 112 Å². The maximum atomic E-state index is 12.1. The van der Waals surface area contributed by atoms with Crippen LogP contribution in [0.4, 0.5) is 11.4 Å². The minimum absolute atomic E-state index is 0. The number of carbonyl (C=O) groups excluding carboxylic acids is 2. The van der Waals surface area contributed by atoms with Crippen molar-refractivity contribution in [1.82, 2.24) is 10.6 Å². The zero-order chi connectivity index (χ0) is 43.3. The fraction of sp³-hybridized carbons (Fsp3) is 0.477. The predicted octanol–water partition coefficient (Wildman–Crippen LogP) is 5.01. The van der Waals surface area contributed by atoms with Crippen molar-refractivity contribution in [1.29, 1.82) is 0 Å². The summed E-state index contributed by atoms with van der Waals surface area (Å²) in [6.45, 7) is 9.44. The van der Waals surface area contributed by atoms with Gasteiger partial charge in [-0.15, -0.1) is 0 Å². The molecule has 328 valence electrons. The summed E-state index contributed by atoms with van der Waals surface area (Å²) in [5, 5.41) is 5.97. The van der Waals surface area contributed by atoms with E-state index < -0.39 is 31.1 Å². The summed E-state index contributed by atoms with van der Waals surface area (Å²) in [7, 11) is -5.58. The number of hydrogen-bond acceptors (Lipinski definition) is 7. The Labute approximate surface area is 377 Å². The van der Waals surface area contributed by atoms with Gasteiger partial charge in [0, 0.05) is 79.4 Å². The van der Waals surface area contributed by atoms with Gasteiger partial charge in [0.1, 0.15) is 6.54 Å². The van der Waals surface area contributed by atoms with Crippen molar-refractivity contribution in [2.45, 2.75) is 119 Å². The lowest BCUT2D eigenvalue weighted by Crippen LogP contribution is -3.00. The molecule has 0 atom stereocenters. The highest BCUT2D eigenvalue weighted by atomic mass is 127. The Morgan fingerprint density at radius 2 is 1.37 bits per heavy atom. The van der Waals surface area contributed by atoms with Crippen molar-refractivity contribution in [2.75, 3.05) is 32.1 Å². The van der Waals surface area contributed by atoms with Crippen LogP contribution >= 0.6 is 11.6 Å². The van der Waals surface area contributed by atoms with Crippen LogP contribution < -0.4 is 39.5 Å². The van der Waals surface area contributed by atoms with E-state index in [-0.39, 0.29) is 45.6 Å². The fourth-order valence-corrected chi connectivity index (χ4v) is 9.72. The van der Waals surface area contributed by atoms with Crippen LogP contribution in [-0.4, -0.2) is 75.2 Å².